The van der Waals surface area contributed by atoms with Gasteiger partial charge in [0, 0.05) is 38.7 Å². The number of nitrogens with one attached hydrogen (secondary N) is 3. The lowest BCUT2D eigenvalue weighted by Crippen LogP contribution is -1.84. The number of pyridine rings is 2. The molecule has 0 aliphatic rings. The van der Waals surface area contributed by atoms with Gasteiger partial charge in [0.05, 0.1) is 23.6 Å². The van der Waals surface area contributed by atoms with Crippen molar-refractivity contribution in [1.82, 2.24) is 40.3 Å². The Kier molecular flexibility index (Phi) is 3.38. The molecule has 3 N–H and O–H groups in total. The second-order valence-electron chi connectivity index (χ2n) is 6.73. The molecule has 0 aliphatic carbocycles. The molecular weight excluding hydrogens is 384 g/mol. The first-order chi connectivity index (χ1) is 14.3. The average Bonchev–Trinajstić information content (AvgIpc) is 3.51. The number of hydrogen-bond acceptors (Lipinski definition) is 6. The third kappa shape index (κ3) is 2.55. The van der Waals surface area contributed by atoms with Crippen LogP contribution < -0.4 is 0 Å². The average molecular weight is 398 g/mol. The van der Waals surface area contributed by atoms with E-state index in [1.54, 1.807) is 29.9 Å². The van der Waals surface area contributed by atoms with Crippen LogP contribution in [0, 0.1) is 6.92 Å². The molecule has 0 aliphatic heterocycles. The standard InChI is InChI=1S/C20H14N8S/c1-10-2-3-16(29-10)12-4-5-21-19-17(12)25-20(26-19)18-13-6-14(11-7-23-24-8-11)22-9-15(13)27-28-18/h2-9H,1H3,(H,23,24)(H,27,28)(H,21,25,26). The highest BCUT2D eigenvalue weighted by molar-refractivity contribution is 7.15. The van der Waals surface area contributed by atoms with E-state index < -0.39 is 0 Å². The monoisotopic (exact) mass is 398 g/mol. The number of aromatic nitrogens is 8. The second-order valence-corrected chi connectivity index (χ2v) is 8.01. The van der Waals surface area contributed by atoms with Crippen molar-refractivity contribution in [2.24, 2.45) is 0 Å². The Morgan fingerprint density at radius 2 is 2.03 bits per heavy atom. The minimum absolute atomic E-state index is 0.670. The molecule has 29 heavy (non-hydrogen) atoms. The fraction of sp³-hybridized carbons (Fsp3) is 0.0500. The highest BCUT2D eigenvalue weighted by atomic mass is 32.1. The summed E-state index contributed by atoms with van der Waals surface area (Å²) in [6.45, 7) is 2.10. The molecule has 0 spiro atoms. The van der Waals surface area contributed by atoms with Crippen molar-refractivity contribution in [3.05, 3.63) is 53.9 Å². The first-order valence-electron chi connectivity index (χ1n) is 9.01. The van der Waals surface area contributed by atoms with Crippen LogP contribution in [-0.2, 0) is 0 Å². The van der Waals surface area contributed by atoms with E-state index in [0.29, 0.717) is 5.82 Å². The number of aryl methyl sites for hydroxylation is 1. The molecule has 0 amide bonds. The SMILES string of the molecule is Cc1ccc(-c2ccnc3[nH]c(-c4n[nH]c5cnc(-c6cn[nH]c6)cc45)nc23)s1. The van der Waals surface area contributed by atoms with Crippen molar-refractivity contribution >= 4 is 33.4 Å². The molecule has 6 heterocycles. The van der Waals surface area contributed by atoms with Gasteiger partial charge in [0.15, 0.2) is 11.5 Å². The van der Waals surface area contributed by atoms with Gasteiger partial charge in [0.2, 0.25) is 0 Å². The molecule has 0 radical (unpaired) electrons. The molecule has 0 fully saturated rings. The van der Waals surface area contributed by atoms with E-state index in [1.807, 2.05) is 18.3 Å². The molecule has 0 aromatic carbocycles. The maximum absolute atomic E-state index is 4.85. The highest BCUT2D eigenvalue weighted by Crippen LogP contribution is 2.34. The van der Waals surface area contributed by atoms with Gasteiger partial charge in [0.1, 0.15) is 11.2 Å². The van der Waals surface area contributed by atoms with Gasteiger partial charge in [-0.15, -0.1) is 11.3 Å². The number of imidazole rings is 1. The Bertz CT molecular complexity index is 1470. The predicted octanol–water partition coefficient (Wildman–Crippen LogP) is 4.32. The number of fused-ring (bicyclic) bond motifs is 2. The fourth-order valence-corrected chi connectivity index (χ4v) is 4.34. The molecule has 6 aromatic rings. The summed E-state index contributed by atoms with van der Waals surface area (Å²) in [5.41, 5.74) is 5.96. The quantitative estimate of drug-likeness (QED) is 0.411. The lowest BCUT2D eigenvalue weighted by atomic mass is 10.1. The van der Waals surface area contributed by atoms with Gasteiger partial charge in [-0.2, -0.15) is 10.2 Å². The first-order valence-corrected chi connectivity index (χ1v) is 9.83. The summed E-state index contributed by atoms with van der Waals surface area (Å²) in [6, 6.07) is 8.23. The Morgan fingerprint density at radius 1 is 1.07 bits per heavy atom. The molecule has 6 aromatic heterocycles. The summed E-state index contributed by atoms with van der Waals surface area (Å²) in [7, 11) is 0. The lowest BCUT2D eigenvalue weighted by Gasteiger charge is -1.97. The maximum atomic E-state index is 4.85. The largest absolute Gasteiger partial charge is 0.321 e. The summed E-state index contributed by atoms with van der Waals surface area (Å²) >= 11 is 1.74. The summed E-state index contributed by atoms with van der Waals surface area (Å²) in [4.78, 5) is 19.6. The van der Waals surface area contributed by atoms with Crippen LogP contribution in [0.25, 0.3) is 55.3 Å². The Hall–Kier alpha value is -3.85. The molecule has 0 unspecified atom stereocenters. The number of hydrogen-bond donors (Lipinski definition) is 3. The predicted molar refractivity (Wildman–Crippen MR) is 112 cm³/mol. The summed E-state index contributed by atoms with van der Waals surface area (Å²) < 4.78 is 0. The molecule has 0 saturated heterocycles. The molecular formula is C20H14N8S. The van der Waals surface area contributed by atoms with E-state index in [1.165, 1.54) is 9.75 Å². The number of nitrogens with zero attached hydrogens (tertiary/aromatic N) is 5. The van der Waals surface area contributed by atoms with Gasteiger partial charge >= 0.3 is 0 Å². The van der Waals surface area contributed by atoms with Crippen molar-refractivity contribution in [3.63, 3.8) is 0 Å². The normalized spacial score (nSPS) is 11.6. The van der Waals surface area contributed by atoms with Crippen molar-refractivity contribution in [1.29, 1.82) is 0 Å². The van der Waals surface area contributed by atoms with Gasteiger partial charge < -0.3 is 4.98 Å². The Balaban J connectivity index is 1.53. The van der Waals surface area contributed by atoms with Gasteiger partial charge in [-0.05, 0) is 31.2 Å². The Morgan fingerprint density at radius 3 is 2.86 bits per heavy atom. The molecule has 140 valence electrons. The van der Waals surface area contributed by atoms with Gasteiger partial charge in [-0.1, -0.05) is 0 Å². The molecule has 0 atom stereocenters. The van der Waals surface area contributed by atoms with Gasteiger partial charge in [-0.25, -0.2) is 9.97 Å². The summed E-state index contributed by atoms with van der Waals surface area (Å²) in [6.07, 6.45) is 7.13. The number of rotatable bonds is 3. The summed E-state index contributed by atoms with van der Waals surface area (Å²) in [5, 5.41) is 15.3. The maximum Gasteiger partial charge on any atom is 0.160 e. The van der Waals surface area contributed by atoms with Crippen LogP contribution in [-0.4, -0.2) is 40.3 Å². The van der Waals surface area contributed by atoms with E-state index in [4.69, 9.17) is 4.98 Å². The molecule has 6 rings (SSSR count). The van der Waals surface area contributed by atoms with E-state index in [2.05, 4.69) is 54.4 Å². The van der Waals surface area contributed by atoms with Crippen LogP contribution in [0.3, 0.4) is 0 Å². The van der Waals surface area contributed by atoms with E-state index >= 15 is 0 Å². The molecule has 8 nitrogen and oxygen atoms in total. The zero-order chi connectivity index (χ0) is 19.4. The number of H-pyrrole nitrogens is 3. The van der Waals surface area contributed by atoms with Crippen molar-refractivity contribution in [2.75, 3.05) is 0 Å². The van der Waals surface area contributed by atoms with Crippen LogP contribution in [0.4, 0.5) is 0 Å². The van der Waals surface area contributed by atoms with Gasteiger partial charge in [-0.3, -0.25) is 15.2 Å². The van der Waals surface area contributed by atoms with Crippen LogP contribution in [0.1, 0.15) is 4.88 Å². The highest BCUT2D eigenvalue weighted by Gasteiger charge is 2.17. The van der Waals surface area contributed by atoms with E-state index in [-0.39, 0.29) is 0 Å². The van der Waals surface area contributed by atoms with E-state index in [0.717, 1.165) is 44.6 Å². The lowest BCUT2D eigenvalue weighted by molar-refractivity contribution is 1.09. The fourth-order valence-electron chi connectivity index (χ4n) is 3.45. The van der Waals surface area contributed by atoms with Crippen molar-refractivity contribution in [2.45, 2.75) is 6.92 Å². The first kappa shape index (κ1) is 16.1. The number of thiophene rings is 1. The zero-order valence-electron chi connectivity index (χ0n) is 15.3. The minimum atomic E-state index is 0.670. The third-order valence-electron chi connectivity index (χ3n) is 4.86. The molecule has 0 bridgehead atoms. The number of aromatic amines is 3. The second kappa shape index (κ2) is 6.08. The van der Waals surface area contributed by atoms with Crippen molar-refractivity contribution in [3.8, 4) is 33.2 Å². The van der Waals surface area contributed by atoms with Crippen LogP contribution in [0.15, 0.2) is 49.1 Å². The van der Waals surface area contributed by atoms with Crippen LogP contribution in [0.2, 0.25) is 0 Å². The summed E-state index contributed by atoms with van der Waals surface area (Å²) in [5.74, 6) is 0.670. The zero-order valence-corrected chi connectivity index (χ0v) is 16.1. The Labute approximate surface area is 168 Å². The van der Waals surface area contributed by atoms with E-state index in [9.17, 15) is 0 Å². The minimum Gasteiger partial charge on any atom is -0.321 e. The molecule has 0 saturated carbocycles. The third-order valence-corrected chi connectivity index (χ3v) is 5.89. The van der Waals surface area contributed by atoms with Gasteiger partial charge in [0.25, 0.3) is 0 Å². The smallest absolute Gasteiger partial charge is 0.160 e. The van der Waals surface area contributed by atoms with Crippen LogP contribution >= 0.6 is 11.3 Å². The molecule has 9 heteroatoms. The topological polar surface area (TPSA) is 112 Å². The van der Waals surface area contributed by atoms with Crippen LogP contribution in [0.5, 0.6) is 0 Å². The van der Waals surface area contributed by atoms with Crippen molar-refractivity contribution < 1.29 is 0 Å².